The SMILES string of the molecule is Clc1ccc([C@H]2C[C@@H](c3cccc(Br)c3)n3ncnc3N2)c(Cl)c1. The molecule has 0 spiro atoms. The van der Waals surface area contributed by atoms with Crippen LogP contribution < -0.4 is 5.32 Å². The van der Waals surface area contributed by atoms with Gasteiger partial charge in [0.15, 0.2) is 0 Å². The van der Waals surface area contributed by atoms with E-state index in [4.69, 9.17) is 23.2 Å². The summed E-state index contributed by atoms with van der Waals surface area (Å²) in [5, 5.41) is 9.09. The Balaban J connectivity index is 1.76. The summed E-state index contributed by atoms with van der Waals surface area (Å²) < 4.78 is 2.96. The number of fused-ring (bicyclic) bond motifs is 1. The molecule has 4 nitrogen and oxygen atoms in total. The topological polar surface area (TPSA) is 42.7 Å². The van der Waals surface area contributed by atoms with Crippen LogP contribution >= 0.6 is 39.1 Å². The molecule has 2 heterocycles. The average Bonchev–Trinajstić information content (AvgIpc) is 3.02. The van der Waals surface area contributed by atoms with Gasteiger partial charge in [0.2, 0.25) is 5.95 Å². The number of benzene rings is 2. The van der Waals surface area contributed by atoms with Crippen molar-refractivity contribution in [2.24, 2.45) is 0 Å². The Kier molecular flexibility index (Phi) is 4.24. The molecule has 0 bridgehead atoms. The van der Waals surface area contributed by atoms with E-state index in [1.165, 1.54) is 5.56 Å². The fourth-order valence-electron chi connectivity index (χ4n) is 3.10. The number of halogens is 3. The molecule has 24 heavy (non-hydrogen) atoms. The normalized spacial score (nSPS) is 19.6. The van der Waals surface area contributed by atoms with Gasteiger partial charge in [-0.3, -0.25) is 0 Å². The van der Waals surface area contributed by atoms with Crippen LogP contribution in [0.5, 0.6) is 0 Å². The van der Waals surface area contributed by atoms with E-state index in [0.717, 1.165) is 22.4 Å². The van der Waals surface area contributed by atoms with Gasteiger partial charge in [-0.15, -0.1) is 0 Å². The van der Waals surface area contributed by atoms with E-state index < -0.39 is 0 Å². The first kappa shape index (κ1) is 15.9. The monoisotopic (exact) mass is 422 g/mol. The Morgan fingerprint density at radius 3 is 2.83 bits per heavy atom. The molecule has 0 aliphatic carbocycles. The van der Waals surface area contributed by atoms with Gasteiger partial charge < -0.3 is 5.32 Å². The Morgan fingerprint density at radius 2 is 2.04 bits per heavy atom. The van der Waals surface area contributed by atoms with Crippen LogP contribution in [0.25, 0.3) is 0 Å². The highest BCUT2D eigenvalue weighted by Gasteiger charge is 2.30. The van der Waals surface area contributed by atoms with Gasteiger partial charge in [0.1, 0.15) is 6.33 Å². The fourth-order valence-corrected chi connectivity index (χ4v) is 4.06. The number of hydrogen-bond acceptors (Lipinski definition) is 3. The van der Waals surface area contributed by atoms with Crippen molar-refractivity contribution in [3.63, 3.8) is 0 Å². The highest BCUT2D eigenvalue weighted by atomic mass is 79.9. The summed E-state index contributed by atoms with van der Waals surface area (Å²) in [4.78, 5) is 4.34. The molecule has 0 amide bonds. The van der Waals surface area contributed by atoms with Gasteiger partial charge in [-0.25, -0.2) is 4.68 Å². The van der Waals surface area contributed by atoms with Crippen LogP contribution in [0.4, 0.5) is 5.95 Å². The molecule has 1 aliphatic rings. The number of anilines is 1. The van der Waals surface area contributed by atoms with Crippen LogP contribution in [-0.2, 0) is 0 Å². The van der Waals surface area contributed by atoms with E-state index in [1.807, 2.05) is 28.9 Å². The summed E-state index contributed by atoms with van der Waals surface area (Å²) in [6, 6.07) is 14.0. The van der Waals surface area contributed by atoms with E-state index in [2.05, 4.69) is 43.5 Å². The third-order valence-electron chi connectivity index (χ3n) is 4.20. The second-order valence-corrected chi connectivity index (χ2v) is 7.46. The molecule has 2 aromatic carbocycles. The number of rotatable bonds is 2. The fraction of sp³-hybridized carbons (Fsp3) is 0.176. The maximum absolute atomic E-state index is 6.41. The molecule has 0 saturated carbocycles. The van der Waals surface area contributed by atoms with Crippen molar-refractivity contribution in [1.82, 2.24) is 14.8 Å². The van der Waals surface area contributed by atoms with Gasteiger partial charge in [-0.1, -0.05) is 57.3 Å². The van der Waals surface area contributed by atoms with Crippen LogP contribution in [-0.4, -0.2) is 14.8 Å². The molecule has 0 radical (unpaired) electrons. The van der Waals surface area contributed by atoms with Gasteiger partial charge in [0.25, 0.3) is 0 Å². The van der Waals surface area contributed by atoms with E-state index in [-0.39, 0.29) is 12.1 Å². The molecule has 1 aromatic heterocycles. The Bertz CT molecular complexity index is 896. The van der Waals surface area contributed by atoms with Crippen molar-refractivity contribution in [2.75, 3.05) is 5.32 Å². The Hall–Kier alpha value is -1.56. The second kappa shape index (κ2) is 6.39. The molecule has 1 N–H and O–H groups in total. The first-order chi connectivity index (χ1) is 11.6. The van der Waals surface area contributed by atoms with Crippen molar-refractivity contribution in [2.45, 2.75) is 18.5 Å². The summed E-state index contributed by atoms with van der Waals surface area (Å²) in [5.41, 5.74) is 2.18. The molecule has 2 atom stereocenters. The van der Waals surface area contributed by atoms with Crippen molar-refractivity contribution in [1.29, 1.82) is 0 Å². The number of nitrogens with one attached hydrogen (secondary N) is 1. The van der Waals surface area contributed by atoms with Gasteiger partial charge >= 0.3 is 0 Å². The summed E-state index contributed by atoms with van der Waals surface area (Å²) in [6.45, 7) is 0. The van der Waals surface area contributed by atoms with Gasteiger partial charge in [0, 0.05) is 14.5 Å². The van der Waals surface area contributed by atoms with Gasteiger partial charge in [-0.2, -0.15) is 10.1 Å². The third-order valence-corrected chi connectivity index (χ3v) is 5.26. The predicted molar refractivity (Wildman–Crippen MR) is 99.7 cm³/mol. The Labute approximate surface area is 157 Å². The zero-order valence-electron chi connectivity index (χ0n) is 12.5. The predicted octanol–water partition coefficient (Wildman–Crippen LogP) is 5.49. The molecule has 3 aromatic rings. The summed E-state index contributed by atoms with van der Waals surface area (Å²) in [5.74, 6) is 0.738. The second-order valence-electron chi connectivity index (χ2n) is 5.70. The molecule has 0 unspecified atom stereocenters. The largest absolute Gasteiger partial charge is 0.347 e. The van der Waals surface area contributed by atoms with Crippen molar-refractivity contribution >= 4 is 45.1 Å². The quantitative estimate of drug-likeness (QED) is 0.592. The maximum atomic E-state index is 6.41. The van der Waals surface area contributed by atoms with Crippen LogP contribution in [0.1, 0.15) is 29.6 Å². The highest BCUT2D eigenvalue weighted by Crippen LogP contribution is 2.40. The first-order valence-corrected chi connectivity index (χ1v) is 9.03. The lowest BCUT2D eigenvalue weighted by Gasteiger charge is -2.32. The van der Waals surface area contributed by atoms with E-state index in [0.29, 0.717) is 10.0 Å². The van der Waals surface area contributed by atoms with Gasteiger partial charge in [-0.05, 0) is 41.8 Å². The average molecular weight is 424 g/mol. The van der Waals surface area contributed by atoms with Crippen molar-refractivity contribution in [3.05, 3.63) is 74.4 Å². The summed E-state index contributed by atoms with van der Waals surface area (Å²) >= 11 is 16.0. The molecule has 0 saturated heterocycles. The molecular formula is C17H13BrCl2N4. The molecule has 4 rings (SSSR count). The summed E-state index contributed by atoms with van der Waals surface area (Å²) in [7, 11) is 0. The lowest BCUT2D eigenvalue weighted by atomic mass is 9.93. The zero-order chi connectivity index (χ0) is 16.7. The number of hydrogen-bond donors (Lipinski definition) is 1. The standard InChI is InChI=1S/C17H13BrCl2N4/c18-11-3-1-2-10(6-11)16-8-15(23-17-21-9-22-24(16)17)13-5-4-12(19)7-14(13)20/h1-7,9,15-16H,8H2,(H,21,22,23)/t15-,16+/m1/s1. The van der Waals surface area contributed by atoms with Crippen LogP contribution in [0, 0.1) is 0 Å². The maximum Gasteiger partial charge on any atom is 0.222 e. The Morgan fingerprint density at radius 1 is 1.17 bits per heavy atom. The number of nitrogens with zero attached hydrogens (tertiary/aromatic N) is 3. The van der Waals surface area contributed by atoms with Crippen molar-refractivity contribution in [3.8, 4) is 0 Å². The zero-order valence-corrected chi connectivity index (χ0v) is 15.6. The van der Waals surface area contributed by atoms with E-state index in [1.54, 1.807) is 12.4 Å². The smallest absolute Gasteiger partial charge is 0.222 e. The molecule has 1 aliphatic heterocycles. The molecular weight excluding hydrogens is 411 g/mol. The van der Waals surface area contributed by atoms with Crippen molar-refractivity contribution < 1.29 is 0 Å². The lowest BCUT2D eigenvalue weighted by molar-refractivity contribution is 0.431. The minimum atomic E-state index is 0.0375. The van der Waals surface area contributed by atoms with E-state index >= 15 is 0 Å². The highest BCUT2D eigenvalue weighted by molar-refractivity contribution is 9.10. The van der Waals surface area contributed by atoms with Gasteiger partial charge in [0.05, 0.1) is 12.1 Å². The van der Waals surface area contributed by atoms with Crippen LogP contribution in [0.2, 0.25) is 10.0 Å². The lowest BCUT2D eigenvalue weighted by Crippen LogP contribution is -2.28. The van der Waals surface area contributed by atoms with Crippen LogP contribution in [0.15, 0.2) is 53.3 Å². The number of aromatic nitrogens is 3. The first-order valence-electron chi connectivity index (χ1n) is 7.48. The minimum Gasteiger partial charge on any atom is -0.347 e. The van der Waals surface area contributed by atoms with E-state index in [9.17, 15) is 0 Å². The van der Waals surface area contributed by atoms with Crippen LogP contribution in [0.3, 0.4) is 0 Å². The molecule has 7 heteroatoms. The molecule has 122 valence electrons. The third kappa shape index (κ3) is 2.92. The minimum absolute atomic E-state index is 0.0375. The molecule has 0 fully saturated rings. The summed E-state index contributed by atoms with van der Waals surface area (Å²) in [6.07, 6.45) is 2.38.